The summed E-state index contributed by atoms with van der Waals surface area (Å²) < 4.78 is 9.36. The van der Waals surface area contributed by atoms with Gasteiger partial charge in [0.25, 0.3) is 0 Å². The van der Waals surface area contributed by atoms with Gasteiger partial charge in [-0.2, -0.15) is 6.07 Å². The molecule has 2 aromatic heterocycles. The third kappa shape index (κ3) is 8.18. The number of rotatable bonds is 7. The zero-order valence-corrected chi connectivity index (χ0v) is 47.3. The van der Waals surface area contributed by atoms with Crippen molar-refractivity contribution in [3.05, 3.63) is 185 Å². The fourth-order valence-corrected chi connectivity index (χ4v) is 14.0. The first-order valence-electron chi connectivity index (χ1n) is 26.7. The molecule has 6 aromatic carbocycles. The summed E-state index contributed by atoms with van der Waals surface area (Å²) in [5, 5.41) is 2.30. The molecular formula is C67H71N4OPt-3. The Balaban J connectivity index is 0.00000574. The molecule has 4 bridgehead atoms. The van der Waals surface area contributed by atoms with Crippen molar-refractivity contribution >= 4 is 44.6 Å². The van der Waals surface area contributed by atoms with Crippen LogP contribution in [0, 0.1) is 63.2 Å². The van der Waals surface area contributed by atoms with Crippen molar-refractivity contribution in [1.29, 1.82) is 0 Å². The number of aryl methyl sites for hydroxylation is 2. The first-order chi connectivity index (χ1) is 34.3. The summed E-state index contributed by atoms with van der Waals surface area (Å²) in [6.45, 7) is 29.9. The second-order valence-corrected chi connectivity index (χ2v) is 25.3. The molecule has 4 fully saturated rings. The second-order valence-electron chi connectivity index (χ2n) is 25.3. The summed E-state index contributed by atoms with van der Waals surface area (Å²) >= 11 is 0. The van der Waals surface area contributed by atoms with Crippen molar-refractivity contribution in [1.82, 2.24) is 9.55 Å². The Bertz CT molecular complexity index is 3370. The summed E-state index contributed by atoms with van der Waals surface area (Å²) in [6, 6.07) is 50.5. The summed E-state index contributed by atoms with van der Waals surface area (Å²) in [6.07, 6.45) is 8.78. The Morgan fingerprint density at radius 1 is 0.589 bits per heavy atom. The smallest absolute Gasteiger partial charge is 0.135 e. The van der Waals surface area contributed by atoms with Crippen LogP contribution in [0.2, 0.25) is 0 Å². The van der Waals surface area contributed by atoms with E-state index in [9.17, 15) is 0 Å². The predicted molar refractivity (Wildman–Crippen MR) is 299 cm³/mol. The van der Waals surface area contributed by atoms with Gasteiger partial charge in [0.05, 0.1) is 0 Å². The molecule has 5 aliphatic rings. The number of ether oxygens (including phenoxy) is 1. The Labute approximate surface area is 449 Å². The Hall–Kier alpha value is -5.64. The molecule has 3 heterocycles. The quantitative estimate of drug-likeness (QED) is 0.149. The number of fused-ring (bicyclic) bond motifs is 4. The van der Waals surface area contributed by atoms with E-state index in [1.165, 1.54) is 82.1 Å². The van der Waals surface area contributed by atoms with Crippen molar-refractivity contribution in [2.24, 2.45) is 23.7 Å². The van der Waals surface area contributed by atoms with Gasteiger partial charge in [0.15, 0.2) is 0 Å². The van der Waals surface area contributed by atoms with Gasteiger partial charge in [-0.3, -0.25) is 0 Å². The summed E-state index contributed by atoms with van der Waals surface area (Å²) in [4.78, 5) is 9.95. The van der Waals surface area contributed by atoms with E-state index in [4.69, 9.17) is 9.72 Å². The van der Waals surface area contributed by atoms with E-state index in [2.05, 4.69) is 238 Å². The molecule has 8 aromatic rings. The van der Waals surface area contributed by atoms with Crippen LogP contribution < -0.4 is 14.5 Å². The van der Waals surface area contributed by atoms with Crippen LogP contribution in [-0.2, 0) is 42.7 Å². The first-order valence-corrected chi connectivity index (χ1v) is 26.7. The molecule has 6 heteroatoms. The van der Waals surface area contributed by atoms with Crippen LogP contribution in [0.5, 0.6) is 11.5 Å². The average Bonchev–Trinajstić information content (AvgIpc) is 3.88. The predicted octanol–water partition coefficient (Wildman–Crippen LogP) is 17.5. The Morgan fingerprint density at radius 2 is 1.21 bits per heavy atom. The van der Waals surface area contributed by atoms with Crippen molar-refractivity contribution in [3.8, 4) is 17.3 Å². The maximum absolute atomic E-state index is 7.03. The third-order valence-electron chi connectivity index (χ3n) is 17.5. The molecular weight excluding hydrogens is 1070 g/mol. The van der Waals surface area contributed by atoms with E-state index in [0.29, 0.717) is 23.3 Å². The van der Waals surface area contributed by atoms with E-state index in [-0.39, 0.29) is 42.7 Å². The van der Waals surface area contributed by atoms with Gasteiger partial charge < -0.3 is 19.1 Å². The van der Waals surface area contributed by atoms with Crippen molar-refractivity contribution in [2.45, 2.75) is 137 Å². The van der Waals surface area contributed by atoms with E-state index in [1.54, 1.807) is 0 Å². The molecule has 4 aliphatic carbocycles. The maximum atomic E-state index is 7.03. The molecule has 4 saturated carbocycles. The van der Waals surface area contributed by atoms with Crippen molar-refractivity contribution in [2.75, 3.05) is 9.80 Å². The van der Waals surface area contributed by atoms with E-state index in [0.717, 1.165) is 56.7 Å². The van der Waals surface area contributed by atoms with Gasteiger partial charge in [0, 0.05) is 66.8 Å². The molecule has 0 amide bonds. The van der Waals surface area contributed by atoms with Crippen molar-refractivity contribution < 1.29 is 25.8 Å². The minimum absolute atomic E-state index is 0. The van der Waals surface area contributed by atoms with Crippen LogP contribution in [-0.4, -0.2) is 9.55 Å². The number of aromatic nitrogens is 2. The zero-order chi connectivity index (χ0) is 50.2. The molecule has 378 valence electrons. The van der Waals surface area contributed by atoms with Crippen LogP contribution in [0.4, 0.5) is 22.7 Å². The number of anilines is 4. The average molecular weight is 1140 g/mol. The fourth-order valence-electron chi connectivity index (χ4n) is 14.0. The minimum Gasteiger partial charge on any atom is -0.509 e. The van der Waals surface area contributed by atoms with Crippen LogP contribution >= 0.6 is 0 Å². The Kier molecular flexibility index (Phi) is 12.1. The summed E-state index contributed by atoms with van der Waals surface area (Å²) in [7, 11) is 0. The second kappa shape index (κ2) is 17.8. The maximum Gasteiger partial charge on any atom is 0.135 e. The largest absolute Gasteiger partial charge is 0.509 e. The summed E-state index contributed by atoms with van der Waals surface area (Å²) in [5.74, 6) is 5.17. The fraction of sp³-hybridized carbons (Fsp3) is 0.373. The van der Waals surface area contributed by atoms with E-state index in [1.807, 2.05) is 0 Å². The molecule has 0 radical (unpaired) electrons. The molecule has 0 spiro atoms. The van der Waals surface area contributed by atoms with Crippen LogP contribution in [0.15, 0.2) is 121 Å². The van der Waals surface area contributed by atoms with Gasteiger partial charge in [-0.05, 0) is 167 Å². The van der Waals surface area contributed by atoms with Crippen LogP contribution in [0.25, 0.3) is 27.6 Å². The number of nitrogens with zero attached hydrogens (tertiary/aromatic N) is 4. The van der Waals surface area contributed by atoms with Crippen LogP contribution in [0.1, 0.15) is 139 Å². The molecule has 0 unspecified atom stereocenters. The number of hydrogen-bond donors (Lipinski definition) is 0. The van der Waals surface area contributed by atoms with Crippen LogP contribution in [0.3, 0.4) is 0 Å². The van der Waals surface area contributed by atoms with Gasteiger partial charge in [-0.15, -0.1) is 53.6 Å². The molecule has 13 rings (SSSR count). The topological polar surface area (TPSA) is 33.5 Å². The molecule has 0 N–H and O–H groups in total. The van der Waals surface area contributed by atoms with Gasteiger partial charge in [0.2, 0.25) is 0 Å². The molecule has 1 aliphatic heterocycles. The summed E-state index contributed by atoms with van der Waals surface area (Å²) in [5.41, 5.74) is 17.0. The van der Waals surface area contributed by atoms with Gasteiger partial charge in [-0.1, -0.05) is 128 Å². The molecule has 5 nitrogen and oxygen atoms in total. The Morgan fingerprint density at radius 3 is 1.84 bits per heavy atom. The zero-order valence-electron chi connectivity index (χ0n) is 45.0. The van der Waals surface area contributed by atoms with E-state index < -0.39 is 0 Å². The normalized spacial score (nSPS) is 21.5. The number of benzene rings is 6. The molecule has 73 heavy (non-hydrogen) atoms. The molecule has 0 atom stereocenters. The minimum atomic E-state index is -0.166. The number of pyridine rings is 1. The van der Waals surface area contributed by atoms with Gasteiger partial charge in [-0.25, -0.2) is 4.98 Å². The first kappa shape index (κ1) is 49.6. The number of para-hydroxylation sites is 4. The monoisotopic (exact) mass is 1140 g/mol. The SMILES string of the molecule is Cc1cc(C2(c3ccnc(-n4c5[c-]c(Oc6[c-]c(N7[CH-]N(c8c(C(C)(C)C)cccc8C(C)(C)C)c8ccccc87)cc(C(C)(C)C)c6)ccc5c5ccccc54)c3)C3CC4CC(C3)CC2C4)cc(C)c1C.[Pt]. The van der Waals surface area contributed by atoms with Gasteiger partial charge in [0.1, 0.15) is 5.82 Å². The van der Waals surface area contributed by atoms with E-state index >= 15 is 0 Å². The van der Waals surface area contributed by atoms with Gasteiger partial charge >= 0.3 is 0 Å². The standard InChI is InChI=1S/C67H71N4O.Pt/c1-41-28-48(29-42(2)43(41)3)67(49-31-44-30-45(33-49)34-50(67)32-44)46-26-27-68-62(37-46)71-58-21-14-13-18-54(58)55-25-24-52(39-61(55)71)72-53-36-47(64(4,5)6)35-51(38-53)69-40-70(60-23-16-15-22-59(60)69)63-56(65(7,8)9)19-17-20-57(63)66(10,11)12;/h13-29,35-37,40,44-45,49-50H,30-34H2,1-12H3;/q-3;. The third-order valence-corrected chi connectivity index (χ3v) is 17.5. The number of hydrogen-bond acceptors (Lipinski definition) is 4. The molecule has 0 saturated heterocycles. The van der Waals surface area contributed by atoms with Crippen molar-refractivity contribution in [3.63, 3.8) is 0 Å².